The number of ether oxygens (including phenoxy) is 2. The predicted molar refractivity (Wildman–Crippen MR) is 135 cm³/mol. The Hall–Kier alpha value is -4.66. The van der Waals surface area contributed by atoms with Crippen molar-refractivity contribution in [3.05, 3.63) is 117 Å². The van der Waals surface area contributed by atoms with E-state index >= 15 is 0 Å². The molecule has 9 heteroatoms. The monoisotopic (exact) mass is 486 g/mol. The average molecular weight is 487 g/mol. The maximum Gasteiger partial charge on any atom is 0.352 e. The van der Waals surface area contributed by atoms with E-state index in [1.165, 1.54) is 14.2 Å². The summed E-state index contributed by atoms with van der Waals surface area (Å²) in [6.07, 6.45) is 0. The number of methoxy groups -OCH3 is 2. The normalized spacial score (nSPS) is 11.5. The first-order valence-corrected chi connectivity index (χ1v) is 11.3. The molecular weight excluding hydrogens is 460 g/mol. The highest BCUT2D eigenvalue weighted by molar-refractivity contribution is 5.92. The van der Waals surface area contributed by atoms with E-state index in [4.69, 9.17) is 9.47 Å². The summed E-state index contributed by atoms with van der Waals surface area (Å²) >= 11 is 0. The summed E-state index contributed by atoms with van der Waals surface area (Å²) in [7, 11) is 3.06. The zero-order valence-corrected chi connectivity index (χ0v) is 20.2. The lowest BCUT2D eigenvalue weighted by atomic mass is 10.1. The van der Waals surface area contributed by atoms with Crippen molar-refractivity contribution in [1.82, 2.24) is 19.7 Å². The first-order chi connectivity index (χ1) is 17.4. The molecule has 184 valence electrons. The molecule has 0 aliphatic rings. The number of carbonyl (C=O) groups is 1. The van der Waals surface area contributed by atoms with E-state index in [0.717, 1.165) is 14.8 Å². The Morgan fingerprint density at radius 1 is 0.917 bits per heavy atom. The molecule has 9 nitrogen and oxygen atoms in total. The van der Waals surface area contributed by atoms with E-state index in [9.17, 15) is 14.4 Å². The molecule has 1 heterocycles. The number of nitrogens with zero attached hydrogens (tertiary/aromatic N) is 3. The summed E-state index contributed by atoms with van der Waals surface area (Å²) in [5, 5.41) is 6.98. The minimum Gasteiger partial charge on any atom is -0.497 e. The Morgan fingerprint density at radius 3 is 2.28 bits per heavy atom. The summed E-state index contributed by atoms with van der Waals surface area (Å²) < 4.78 is 12.5. The highest BCUT2D eigenvalue weighted by Crippen LogP contribution is 2.15. The maximum absolute atomic E-state index is 13.4. The molecule has 0 fully saturated rings. The van der Waals surface area contributed by atoms with Gasteiger partial charge in [-0.1, -0.05) is 42.5 Å². The van der Waals surface area contributed by atoms with E-state index < -0.39 is 22.9 Å². The van der Waals surface area contributed by atoms with Crippen LogP contribution in [-0.4, -0.2) is 34.5 Å². The largest absolute Gasteiger partial charge is 0.497 e. The zero-order valence-electron chi connectivity index (χ0n) is 20.2. The van der Waals surface area contributed by atoms with Gasteiger partial charge in [0.15, 0.2) is 0 Å². The van der Waals surface area contributed by atoms with Gasteiger partial charge >= 0.3 is 5.69 Å². The van der Waals surface area contributed by atoms with Crippen molar-refractivity contribution in [2.75, 3.05) is 14.2 Å². The molecule has 1 N–H and O–H groups in total. The van der Waals surface area contributed by atoms with E-state index in [-0.39, 0.29) is 12.6 Å². The van der Waals surface area contributed by atoms with Gasteiger partial charge in [-0.15, -0.1) is 0 Å². The highest BCUT2D eigenvalue weighted by atomic mass is 16.5. The van der Waals surface area contributed by atoms with Gasteiger partial charge in [-0.25, -0.2) is 4.79 Å². The summed E-state index contributed by atoms with van der Waals surface area (Å²) in [6, 6.07) is 22.6. The molecule has 4 rings (SSSR count). The van der Waals surface area contributed by atoms with Crippen molar-refractivity contribution in [3.63, 3.8) is 0 Å². The number of benzene rings is 3. The van der Waals surface area contributed by atoms with Crippen molar-refractivity contribution >= 4 is 5.91 Å². The number of nitrogens with one attached hydrogen (secondary N) is 1. The van der Waals surface area contributed by atoms with Gasteiger partial charge in [-0.2, -0.15) is 9.78 Å². The third kappa shape index (κ3) is 5.20. The van der Waals surface area contributed by atoms with Gasteiger partial charge in [0.25, 0.3) is 11.5 Å². The van der Waals surface area contributed by atoms with Crippen LogP contribution in [0.15, 0.2) is 88.5 Å². The number of rotatable bonds is 8. The Bertz CT molecular complexity index is 1480. The van der Waals surface area contributed by atoms with E-state index in [0.29, 0.717) is 22.7 Å². The topological polar surface area (TPSA) is 104 Å². The summed E-state index contributed by atoms with van der Waals surface area (Å²) in [5.74, 6) is 0.490. The SMILES string of the molecule is COc1ccc(-n2nc(C(=O)NC(C)c3ccccc3)c(=O)n(Cc3cccc(OC)c3)c2=O)cc1. The second-order valence-electron chi connectivity index (χ2n) is 8.09. The molecule has 0 aliphatic carbocycles. The molecule has 3 aromatic carbocycles. The van der Waals surface area contributed by atoms with Crippen molar-refractivity contribution in [3.8, 4) is 17.2 Å². The molecule has 0 saturated carbocycles. The Morgan fingerprint density at radius 2 is 1.61 bits per heavy atom. The quantitative estimate of drug-likeness (QED) is 0.411. The van der Waals surface area contributed by atoms with Gasteiger partial charge in [0, 0.05) is 0 Å². The molecule has 36 heavy (non-hydrogen) atoms. The van der Waals surface area contributed by atoms with Gasteiger partial charge in [0.2, 0.25) is 5.69 Å². The van der Waals surface area contributed by atoms with Crippen LogP contribution in [0.25, 0.3) is 5.69 Å². The first-order valence-electron chi connectivity index (χ1n) is 11.3. The first kappa shape index (κ1) is 24.5. The summed E-state index contributed by atoms with van der Waals surface area (Å²) in [6.45, 7) is 1.74. The average Bonchev–Trinajstić information content (AvgIpc) is 2.91. The molecule has 1 aromatic heterocycles. The molecule has 1 atom stereocenters. The Kier molecular flexibility index (Phi) is 7.29. The van der Waals surface area contributed by atoms with Crippen molar-refractivity contribution in [2.24, 2.45) is 0 Å². The fourth-order valence-electron chi connectivity index (χ4n) is 3.73. The zero-order chi connectivity index (χ0) is 25.7. The molecule has 4 aromatic rings. The van der Waals surface area contributed by atoms with E-state index in [1.807, 2.05) is 37.3 Å². The van der Waals surface area contributed by atoms with Crippen molar-refractivity contribution in [1.29, 1.82) is 0 Å². The minimum absolute atomic E-state index is 0.0674. The second-order valence-corrected chi connectivity index (χ2v) is 8.09. The van der Waals surface area contributed by atoms with Gasteiger partial charge in [-0.3, -0.25) is 14.2 Å². The molecule has 0 bridgehead atoms. The molecule has 0 spiro atoms. The van der Waals surface area contributed by atoms with Crippen LogP contribution in [0.5, 0.6) is 11.5 Å². The predicted octanol–water partition coefficient (Wildman–Crippen LogP) is 2.95. The third-order valence-electron chi connectivity index (χ3n) is 5.71. The number of aromatic nitrogens is 3. The van der Waals surface area contributed by atoms with Crippen LogP contribution in [0.3, 0.4) is 0 Å². The fourth-order valence-corrected chi connectivity index (χ4v) is 3.73. The standard InChI is InChI=1S/C27H26N4O5/c1-18(20-9-5-4-6-10-20)28-25(32)24-26(33)30(17-19-8-7-11-23(16-19)36-3)27(34)31(29-24)21-12-14-22(35-2)15-13-21/h4-16,18H,17H2,1-3H3,(H,28,32). The van der Waals surface area contributed by atoms with Gasteiger partial charge in [0.1, 0.15) is 11.5 Å². The number of carbonyl (C=O) groups excluding carboxylic acids is 1. The lowest BCUT2D eigenvalue weighted by Gasteiger charge is -2.16. The lowest BCUT2D eigenvalue weighted by molar-refractivity contribution is 0.0930. The Labute approximate surface area is 207 Å². The number of amides is 1. The third-order valence-corrected chi connectivity index (χ3v) is 5.71. The smallest absolute Gasteiger partial charge is 0.352 e. The molecule has 1 amide bonds. The van der Waals surface area contributed by atoms with Crippen LogP contribution in [0, 0.1) is 0 Å². The van der Waals surface area contributed by atoms with Crippen molar-refractivity contribution < 1.29 is 14.3 Å². The van der Waals surface area contributed by atoms with Crippen LogP contribution in [-0.2, 0) is 6.54 Å². The van der Waals surface area contributed by atoms with Gasteiger partial charge < -0.3 is 14.8 Å². The van der Waals surface area contributed by atoms with E-state index in [1.54, 1.807) is 48.5 Å². The molecule has 1 unspecified atom stereocenters. The molecule has 0 aliphatic heterocycles. The summed E-state index contributed by atoms with van der Waals surface area (Å²) in [4.78, 5) is 40.0. The Balaban J connectivity index is 1.80. The van der Waals surface area contributed by atoms with Crippen LogP contribution >= 0.6 is 0 Å². The van der Waals surface area contributed by atoms with Gasteiger partial charge in [0.05, 0.1) is 32.5 Å². The molecule has 0 radical (unpaired) electrons. The number of hydrogen-bond acceptors (Lipinski definition) is 6. The molecule has 0 saturated heterocycles. The van der Waals surface area contributed by atoms with Crippen LogP contribution in [0.2, 0.25) is 0 Å². The van der Waals surface area contributed by atoms with Gasteiger partial charge in [-0.05, 0) is 54.4 Å². The fraction of sp³-hybridized carbons (Fsp3) is 0.185. The van der Waals surface area contributed by atoms with Crippen molar-refractivity contribution in [2.45, 2.75) is 19.5 Å². The highest BCUT2D eigenvalue weighted by Gasteiger charge is 2.22. The second kappa shape index (κ2) is 10.7. The minimum atomic E-state index is -0.787. The summed E-state index contributed by atoms with van der Waals surface area (Å²) in [5.41, 5.74) is 0.0449. The maximum atomic E-state index is 13.4. The number of hydrogen-bond donors (Lipinski definition) is 1. The lowest BCUT2D eigenvalue weighted by Crippen LogP contribution is -2.46. The van der Waals surface area contributed by atoms with Crippen LogP contribution < -0.4 is 26.0 Å². The van der Waals surface area contributed by atoms with E-state index in [2.05, 4.69) is 10.4 Å². The van der Waals surface area contributed by atoms with Crippen LogP contribution in [0.4, 0.5) is 0 Å². The molecular formula is C27H26N4O5. The van der Waals surface area contributed by atoms with Crippen LogP contribution in [0.1, 0.15) is 34.6 Å².